The molecule has 0 aliphatic rings. The summed E-state index contributed by atoms with van der Waals surface area (Å²) in [6.45, 7) is 1.78. The van der Waals surface area contributed by atoms with E-state index in [9.17, 15) is 9.59 Å². The van der Waals surface area contributed by atoms with Crippen molar-refractivity contribution < 1.29 is 14.3 Å². The summed E-state index contributed by atoms with van der Waals surface area (Å²) in [5, 5.41) is 6.60. The minimum atomic E-state index is -0.247. The molecular weight excluding hydrogens is 390 g/mol. The molecule has 31 heavy (non-hydrogen) atoms. The van der Waals surface area contributed by atoms with Gasteiger partial charge in [0, 0.05) is 29.2 Å². The summed E-state index contributed by atoms with van der Waals surface area (Å²) < 4.78 is 5.81. The Morgan fingerprint density at radius 2 is 1.58 bits per heavy atom. The highest BCUT2D eigenvalue weighted by Crippen LogP contribution is 2.19. The van der Waals surface area contributed by atoms with Crippen molar-refractivity contribution in [1.29, 1.82) is 0 Å². The average Bonchev–Trinajstić information content (AvgIpc) is 2.77. The van der Waals surface area contributed by atoms with E-state index in [0.29, 0.717) is 29.3 Å². The van der Waals surface area contributed by atoms with E-state index in [1.54, 1.807) is 48.5 Å². The fourth-order valence-electron chi connectivity index (χ4n) is 3.13. The molecule has 0 bridgehead atoms. The lowest BCUT2D eigenvalue weighted by Gasteiger charge is -2.09. The van der Waals surface area contributed by atoms with Crippen LogP contribution in [0.15, 0.2) is 84.9 Å². The zero-order valence-corrected chi connectivity index (χ0v) is 17.0. The average molecular weight is 411 g/mol. The van der Waals surface area contributed by atoms with Crippen LogP contribution in [-0.2, 0) is 11.4 Å². The van der Waals surface area contributed by atoms with Crippen LogP contribution in [0.4, 0.5) is 11.4 Å². The normalized spacial score (nSPS) is 10.5. The van der Waals surface area contributed by atoms with Crippen molar-refractivity contribution in [1.82, 2.24) is 4.98 Å². The van der Waals surface area contributed by atoms with Crippen LogP contribution in [0.2, 0.25) is 0 Å². The number of amides is 2. The van der Waals surface area contributed by atoms with E-state index in [1.165, 1.54) is 6.92 Å². The van der Waals surface area contributed by atoms with E-state index in [-0.39, 0.29) is 11.8 Å². The van der Waals surface area contributed by atoms with Gasteiger partial charge in [0.2, 0.25) is 5.91 Å². The Kier molecular flexibility index (Phi) is 5.89. The Morgan fingerprint density at radius 3 is 2.35 bits per heavy atom. The quantitative estimate of drug-likeness (QED) is 0.467. The third-order valence-corrected chi connectivity index (χ3v) is 4.60. The molecule has 0 fully saturated rings. The van der Waals surface area contributed by atoms with E-state index >= 15 is 0 Å². The number of hydrogen-bond acceptors (Lipinski definition) is 4. The zero-order chi connectivity index (χ0) is 21.6. The van der Waals surface area contributed by atoms with Gasteiger partial charge in [-0.05, 0) is 54.6 Å². The van der Waals surface area contributed by atoms with Crippen molar-refractivity contribution in [3.05, 3.63) is 96.2 Å². The van der Waals surface area contributed by atoms with Gasteiger partial charge >= 0.3 is 0 Å². The molecule has 4 rings (SSSR count). The third kappa shape index (κ3) is 5.25. The lowest BCUT2D eigenvalue weighted by atomic mass is 10.2. The van der Waals surface area contributed by atoms with Crippen LogP contribution < -0.4 is 15.4 Å². The molecule has 0 saturated heterocycles. The number of para-hydroxylation sites is 1. The summed E-state index contributed by atoms with van der Waals surface area (Å²) in [5.74, 6) is 0.236. The van der Waals surface area contributed by atoms with Gasteiger partial charge < -0.3 is 15.4 Å². The van der Waals surface area contributed by atoms with Crippen molar-refractivity contribution in [3.63, 3.8) is 0 Å². The maximum Gasteiger partial charge on any atom is 0.255 e. The Labute approximate surface area is 179 Å². The molecule has 154 valence electrons. The minimum Gasteiger partial charge on any atom is -0.487 e. The smallest absolute Gasteiger partial charge is 0.255 e. The van der Waals surface area contributed by atoms with Crippen LogP contribution >= 0.6 is 0 Å². The van der Waals surface area contributed by atoms with Crippen LogP contribution in [0.25, 0.3) is 10.9 Å². The number of fused-ring (bicyclic) bond motifs is 1. The van der Waals surface area contributed by atoms with E-state index in [2.05, 4.69) is 15.6 Å². The molecule has 0 radical (unpaired) electrons. The van der Waals surface area contributed by atoms with Gasteiger partial charge in [-0.15, -0.1) is 0 Å². The van der Waals surface area contributed by atoms with Crippen LogP contribution in [0.5, 0.6) is 5.75 Å². The predicted octanol–water partition coefficient (Wildman–Crippen LogP) is 5.02. The second kappa shape index (κ2) is 9.09. The summed E-state index contributed by atoms with van der Waals surface area (Å²) in [6, 6.07) is 25.8. The highest BCUT2D eigenvalue weighted by atomic mass is 16.5. The number of carbonyl (C=O) groups is 2. The van der Waals surface area contributed by atoms with Gasteiger partial charge in [-0.1, -0.05) is 30.3 Å². The van der Waals surface area contributed by atoms with Crippen molar-refractivity contribution in [2.45, 2.75) is 13.5 Å². The standard InChI is InChI=1S/C25H21N3O3/c1-17(29)26-20-6-4-7-21(15-20)28-25(30)19-10-13-23(14-11-19)31-16-22-12-9-18-5-2-3-8-24(18)27-22/h2-15H,16H2,1H3,(H,26,29)(H,28,30). The molecule has 6 heteroatoms. The van der Waals surface area contributed by atoms with Crippen LogP contribution in [0.3, 0.4) is 0 Å². The number of aromatic nitrogens is 1. The van der Waals surface area contributed by atoms with Crippen molar-refractivity contribution in [3.8, 4) is 5.75 Å². The number of rotatable bonds is 6. The third-order valence-electron chi connectivity index (χ3n) is 4.60. The van der Waals surface area contributed by atoms with Gasteiger partial charge in [0.25, 0.3) is 5.91 Å². The second-order valence-electron chi connectivity index (χ2n) is 7.02. The van der Waals surface area contributed by atoms with Gasteiger partial charge in [0.05, 0.1) is 11.2 Å². The number of hydrogen-bond donors (Lipinski definition) is 2. The molecule has 3 aromatic carbocycles. The molecule has 0 saturated carbocycles. The summed E-state index contributed by atoms with van der Waals surface area (Å²) in [4.78, 5) is 28.3. The number of ether oxygens (including phenoxy) is 1. The molecule has 2 N–H and O–H groups in total. The fraction of sp³-hybridized carbons (Fsp3) is 0.0800. The lowest BCUT2D eigenvalue weighted by molar-refractivity contribution is -0.114. The summed E-state index contributed by atoms with van der Waals surface area (Å²) in [6.07, 6.45) is 0. The molecule has 6 nitrogen and oxygen atoms in total. The Bertz CT molecular complexity index is 1240. The molecule has 0 aliphatic heterocycles. The SMILES string of the molecule is CC(=O)Nc1cccc(NC(=O)c2ccc(OCc3ccc4ccccc4n3)cc2)c1. The van der Waals surface area contributed by atoms with Gasteiger partial charge in [-0.2, -0.15) is 0 Å². The highest BCUT2D eigenvalue weighted by molar-refractivity contribution is 6.04. The zero-order valence-electron chi connectivity index (χ0n) is 17.0. The number of carbonyl (C=O) groups excluding carboxylic acids is 2. The van der Waals surface area contributed by atoms with Gasteiger partial charge in [-0.3, -0.25) is 9.59 Å². The number of pyridine rings is 1. The van der Waals surface area contributed by atoms with Crippen molar-refractivity contribution >= 4 is 34.1 Å². The first kappa shape index (κ1) is 20.1. The second-order valence-corrected chi connectivity index (χ2v) is 7.02. The first-order chi connectivity index (χ1) is 15.1. The Morgan fingerprint density at radius 1 is 0.839 bits per heavy atom. The van der Waals surface area contributed by atoms with Crippen LogP contribution in [0.1, 0.15) is 23.0 Å². The molecular formula is C25H21N3O3. The highest BCUT2D eigenvalue weighted by Gasteiger charge is 2.08. The Hall–Kier alpha value is -4.19. The molecule has 0 unspecified atom stereocenters. The number of anilines is 2. The summed E-state index contributed by atoms with van der Waals surface area (Å²) >= 11 is 0. The lowest BCUT2D eigenvalue weighted by Crippen LogP contribution is -2.12. The van der Waals surface area contributed by atoms with Gasteiger partial charge in [0.1, 0.15) is 12.4 Å². The van der Waals surface area contributed by atoms with Crippen LogP contribution in [0, 0.1) is 0 Å². The summed E-state index contributed by atoms with van der Waals surface area (Å²) in [7, 11) is 0. The fourth-order valence-corrected chi connectivity index (χ4v) is 3.13. The largest absolute Gasteiger partial charge is 0.487 e. The van der Waals surface area contributed by atoms with E-state index in [1.807, 2.05) is 36.4 Å². The van der Waals surface area contributed by atoms with Crippen LogP contribution in [-0.4, -0.2) is 16.8 Å². The predicted molar refractivity (Wildman–Crippen MR) is 121 cm³/mol. The van der Waals surface area contributed by atoms with Gasteiger partial charge in [-0.25, -0.2) is 4.98 Å². The minimum absolute atomic E-state index is 0.169. The monoisotopic (exact) mass is 411 g/mol. The molecule has 1 heterocycles. The van der Waals surface area contributed by atoms with Crippen molar-refractivity contribution in [2.24, 2.45) is 0 Å². The molecule has 2 amide bonds. The Balaban J connectivity index is 1.37. The first-order valence-electron chi connectivity index (χ1n) is 9.83. The number of nitrogens with zero attached hydrogens (tertiary/aromatic N) is 1. The van der Waals surface area contributed by atoms with Crippen molar-refractivity contribution in [2.75, 3.05) is 10.6 Å². The maximum atomic E-state index is 12.5. The topological polar surface area (TPSA) is 80.3 Å². The van der Waals surface area contributed by atoms with Gasteiger partial charge in [0.15, 0.2) is 0 Å². The first-order valence-corrected chi connectivity index (χ1v) is 9.83. The number of nitrogens with one attached hydrogen (secondary N) is 2. The number of benzene rings is 3. The van der Waals surface area contributed by atoms with E-state index in [4.69, 9.17) is 4.74 Å². The molecule has 0 atom stereocenters. The molecule has 4 aromatic rings. The molecule has 0 aliphatic carbocycles. The molecule has 0 spiro atoms. The summed E-state index contributed by atoms with van der Waals surface area (Å²) in [5.41, 5.74) is 3.48. The maximum absolute atomic E-state index is 12.5. The molecule has 1 aromatic heterocycles. The van der Waals surface area contributed by atoms with E-state index in [0.717, 1.165) is 16.6 Å². The van der Waals surface area contributed by atoms with E-state index < -0.39 is 0 Å².